The van der Waals surface area contributed by atoms with Gasteiger partial charge in [-0.2, -0.15) is 0 Å². The molecule has 43 heavy (non-hydrogen) atoms. The Morgan fingerprint density at radius 1 is 0.953 bits per heavy atom. The van der Waals surface area contributed by atoms with Crippen molar-refractivity contribution in [1.82, 2.24) is 20.9 Å². The minimum absolute atomic E-state index is 0.0431. The molecule has 1 heterocycles. The molecule has 0 bridgehead atoms. The summed E-state index contributed by atoms with van der Waals surface area (Å²) in [6.45, 7) is 7.57. The fourth-order valence-electron chi connectivity index (χ4n) is 5.49. The summed E-state index contributed by atoms with van der Waals surface area (Å²) < 4.78 is 10.8. The fraction of sp³-hybridized carbons (Fsp3) is 0.656. The highest BCUT2D eigenvalue weighted by molar-refractivity contribution is 6.38. The number of nitrogens with zero attached hydrogens (tertiary/aromatic N) is 1. The molecule has 3 N–H and O–H groups in total. The number of ether oxygens (including phenoxy) is 2. The van der Waals surface area contributed by atoms with Crippen LogP contribution in [0.25, 0.3) is 0 Å². The first-order valence-electron chi connectivity index (χ1n) is 15.7. The Hall–Kier alpha value is -3.47. The van der Waals surface area contributed by atoms with Crippen molar-refractivity contribution in [3.63, 3.8) is 0 Å². The molecule has 1 unspecified atom stereocenters. The van der Waals surface area contributed by atoms with Gasteiger partial charge in [0.2, 0.25) is 11.7 Å². The summed E-state index contributed by atoms with van der Waals surface area (Å²) in [5, 5.41) is 8.37. The Balaban J connectivity index is 1.70. The van der Waals surface area contributed by atoms with E-state index in [1.165, 1.54) is 0 Å². The summed E-state index contributed by atoms with van der Waals surface area (Å²) in [5.41, 5.74) is -0.364. The van der Waals surface area contributed by atoms with Gasteiger partial charge in [0.1, 0.15) is 18.2 Å². The lowest BCUT2D eigenvalue weighted by molar-refractivity contribution is -0.151. The Kier molecular flexibility index (Phi) is 13.4. The number of ketones is 1. The van der Waals surface area contributed by atoms with Crippen molar-refractivity contribution in [1.29, 1.82) is 0 Å². The number of morpholine rings is 1. The van der Waals surface area contributed by atoms with Crippen LogP contribution in [0.1, 0.15) is 84.1 Å². The van der Waals surface area contributed by atoms with Gasteiger partial charge in [0.05, 0.1) is 19.3 Å². The number of benzene rings is 1. The summed E-state index contributed by atoms with van der Waals surface area (Å²) in [6, 6.07) is 6.76. The molecule has 1 saturated heterocycles. The summed E-state index contributed by atoms with van der Waals surface area (Å²) in [6.07, 6.45) is 5.25. The molecule has 11 nitrogen and oxygen atoms in total. The number of carbonyl (C=O) groups is 5. The van der Waals surface area contributed by atoms with E-state index in [1.807, 2.05) is 51.1 Å². The Morgan fingerprint density at radius 2 is 1.63 bits per heavy atom. The van der Waals surface area contributed by atoms with Gasteiger partial charge in [-0.25, -0.2) is 9.59 Å². The lowest BCUT2D eigenvalue weighted by atomic mass is 9.80. The first kappa shape index (κ1) is 34.0. The normalized spacial score (nSPS) is 17.8. The number of hydrogen-bond acceptors (Lipinski definition) is 7. The standard InChI is InChI=1S/C32H48N4O7/c1-4-5-14-25(34-30(40)32(15-10-7-11-16-32)35-31(41)36-17-19-42-20-18-36)27(37)28(38)33-26(21-23(2)3)29(39)43-22-24-12-8-6-9-13-24/h6,8-9,12-13,23,25-26H,4-5,7,10-11,14-22H2,1-3H3,(H,33,38)(H,34,40)(H,35,41)/t25-,26?/m0/s1. The van der Waals surface area contributed by atoms with Gasteiger partial charge in [-0.15, -0.1) is 0 Å². The van der Waals surface area contributed by atoms with Crippen LogP contribution in [-0.4, -0.2) is 78.4 Å². The molecule has 0 radical (unpaired) electrons. The van der Waals surface area contributed by atoms with E-state index in [2.05, 4.69) is 16.0 Å². The van der Waals surface area contributed by atoms with Crippen molar-refractivity contribution in [2.45, 2.75) is 103 Å². The molecule has 1 aliphatic carbocycles. The average molecular weight is 601 g/mol. The first-order valence-corrected chi connectivity index (χ1v) is 15.7. The molecule has 238 valence electrons. The van der Waals surface area contributed by atoms with Gasteiger partial charge >= 0.3 is 12.0 Å². The maximum Gasteiger partial charge on any atom is 0.328 e. The van der Waals surface area contributed by atoms with E-state index in [9.17, 15) is 24.0 Å². The van der Waals surface area contributed by atoms with Crippen LogP contribution in [0.15, 0.2) is 30.3 Å². The number of rotatable bonds is 14. The lowest BCUT2D eigenvalue weighted by Gasteiger charge is -2.39. The number of carbonyl (C=O) groups excluding carboxylic acids is 5. The highest BCUT2D eigenvalue weighted by Crippen LogP contribution is 2.29. The lowest BCUT2D eigenvalue weighted by Crippen LogP contribution is -2.64. The van der Waals surface area contributed by atoms with Gasteiger partial charge in [0.25, 0.3) is 5.91 Å². The van der Waals surface area contributed by atoms with E-state index in [0.29, 0.717) is 45.6 Å². The largest absolute Gasteiger partial charge is 0.459 e. The van der Waals surface area contributed by atoms with Gasteiger partial charge in [-0.1, -0.05) is 83.2 Å². The van der Waals surface area contributed by atoms with Crippen LogP contribution in [0.3, 0.4) is 0 Å². The van der Waals surface area contributed by atoms with E-state index in [-0.39, 0.29) is 31.4 Å². The molecule has 1 aromatic carbocycles. The summed E-state index contributed by atoms with van der Waals surface area (Å²) in [4.78, 5) is 68.2. The zero-order valence-electron chi connectivity index (χ0n) is 25.8. The SMILES string of the molecule is CCCC[C@H](NC(=O)C1(NC(=O)N2CCOCC2)CCCCC1)C(=O)C(=O)NC(CC(C)C)C(=O)OCc1ccccc1. The third-order valence-corrected chi connectivity index (χ3v) is 8.00. The van der Waals surface area contributed by atoms with Crippen molar-refractivity contribution < 1.29 is 33.4 Å². The number of hydrogen-bond donors (Lipinski definition) is 3. The van der Waals surface area contributed by atoms with Crippen molar-refractivity contribution in [2.24, 2.45) is 5.92 Å². The van der Waals surface area contributed by atoms with Gasteiger partial charge in [-0.05, 0) is 37.2 Å². The number of urea groups is 1. The smallest absolute Gasteiger partial charge is 0.328 e. The molecule has 2 aliphatic rings. The predicted molar refractivity (Wildman–Crippen MR) is 161 cm³/mol. The number of nitrogens with one attached hydrogen (secondary N) is 3. The highest BCUT2D eigenvalue weighted by Gasteiger charge is 2.43. The zero-order chi connectivity index (χ0) is 31.2. The second-order valence-electron chi connectivity index (χ2n) is 12.0. The van der Waals surface area contributed by atoms with E-state index >= 15 is 0 Å². The second kappa shape index (κ2) is 17.0. The maximum absolute atomic E-state index is 13.8. The van der Waals surface area contributed by atoms with E-state index in [0.717, 1.165) is 31.2 Å². The van der Waals surface area contributed by atoms with Crippen molar-refractivity contribution in [3.05, 3.63) is 35.9 Å². The second-order valence-corrected chi connectivity index (χ2v) is 12.0. The van der Waals surface area contributed by atoms with E-state index in [1.54, 1.807) is 4.90 Å². The van der Waals surface area contributed by atoms with Gasteiger partial charge < -0.3 is 30.3 Å². The van der Waals surface area contributed by atoms with Crippen LogP contribution in [0.2, 0.25) is 0 Å². The molecule has 4 amide bonds. The van der Waals surface area contributed by atoms with Crippen LogP contribution in [0.5, 0.6) is 0 Å². The van der Waals surface area contributed by atoms with Crippen molar-refractivity contribution in [2.75, 3.05) is 26.3 Å². The summed E-state index contributed by atoms with van der Waals surface area (Å²) in [5.74, 6) is -2.81. The Bertz CT molecular complexity index is 1080. The molecule has 0 aromatic heterocycles. The molecule has 2 fully saturated rings. The third kappa shape index (κ3) is 10.3. The van der Waals surface area contributed by atoms with Crippen molar-refractivity contribution >= 4 is 29.6 Å². The quantitative estimate of drug-likeness (QED) is 0.220. The molecule has 1 aliphatic heterocycles. The molecule has 2 atom stereocenters. The average Bonchev–Trinajstić information content (AvgIpc) is 3.02. The zero-order valence-corrected chi connectivity index (χ0v) is 25.8. The highest BCUT2D eigenvalue weighted by atomic mass is 16.5. The minimum Gasteiger partial charge on any atom is -0.459 e. The van der Waals surface area contributed by atoms with E-state index in [4.69, 9.17) is 9.47 Å². The van der Waals surface area contributed by atoms with Crippen LogP contribution < -0.4 is 16.0 Å². The first-order chi connectivity index (χ1) is 20.6. The number of Topliss-reactive ketones (excluding diaryl/α,β-unsaturated/α-hetero) is 1. The molecular formula is C32H48N4O7. The topological polar surface area (TPSA) is 143 Å². The number of amides is 4. The van der Waals surface area contributed by atoms with Gasteiger partial charge in [0.15, 0.2) is 0 Å². The van der Waals surface area contributed by atoms with Crippen LogP contribution in [0.4, 0.5) is 4.79 Å². The van der Waals surface area contributed by atoms with E-state index < -0.39 is 41.2 Å². The van der Waals surface area contributed by atoms with Crippen LogP contribution in [0, 0.1) is 5.92 Å². The molecule has 11 heteroatoms. The van der Waals surface area contributed by atoms with Crippen LogP contribution in [-0.2, 0) is 35.3 Å². The van der Waals surface area contributed by atoms with Crippen molar-refractivity contribution in [3.8, 4) is 0 Å². The molecule has 3 rings (SSSR count). The maximum atomic E-state index is 13.8. The molecule has 1 aromatic rings. The Labute approximate surface area is 254 Å². The number of esters is 1. The molecule has 0 spiro atoms. The number of unbranched alkanes of at least 4 members (excludes halogenated alkanes) is 1. The summed E-state index contributed by atoms with van der Waals surface area (Å²) in [7, 11) is 0. The monoisotopic (exact) mass is 600 g/mol. The fourth-order valence-corrected chi connectivity index (χ4v) is 5.49. The van der Waals surface area contributed by atoms with Crippen LogP contribution >= 0.6 is 0 Å². The minimum atomic E-state index is -1.17. The predicted octanol–water partition coefficient (Wildman–Crippen LogP) is 3.25. The molecular weight excluding hydrogens is 552 g/mol. The Morgan fingerprint density at radius 3 is 2.26 bits per heavy atom. The summed E-state index contributed by atoms with van der Waals surface area (Å²) >= 11 is 0. The third-order valence-electron chi connectivity index (χ3n) is 8.00. The van der Waals surface area contributed by atoms with Gasteiger partial charge in [0, 0.05) is 13.1 Å². The molecule has 1 saturated carbocycles. The van der Waals surface area contributed by atoms with Gasteiger partial charge in [-0.3, -0.25) is 14.4 Å².